The standard InChI is InChI=1S/C17H21N5O2/c1-21-4-6-22(7-5-21)17-16-15(18-10-19-17)11-8-13(23-2)14(24-3)9-12(11)20-16/h8-10,20H,4-7H2,1-3H3. The maximum Gasteiger partial charge on any atom is 0.162 e. The number of nitrogens with one attached hydrogen (secondary N) is 1. The Kier molecular flexibility index (Phi) is 3.65. The molecule has 0 unspecified atom stereocenters. The Morgan fingerprint density at radius 2 is 1.71 bits per heavy atom. The molecule has 2 aromatic heterocycles. The number of hydrogen-bond acceptors (Lipinski definition) is 6. The Hall–Kier alpha value is -2.54. The van der Waals surface area contributed by atoms with E-state index in [2.05, 4.69) is 31.8 Å². The molecule has 4 rings (SSSR count). The quantitative estimate of drug-likeness (QED) is 0.792. The lowest BCUT2D eigenvalue weighted by Crippen LogP contribution is -2.44. The van der Waals surface area contributed by atoms with Crippen molar-refractivity contribution >= 4 is 27.8 Å². The Morgan fingerprint density at radius 3 is 2.42 bits per heavy atom. The number of hydrogen-bond donors (Lipinski definition) is 1. The number of piperazine rings is 1. The van der Waals surface area contributed by atoms with Gasteiger partial charge in [0, 0.05) is 37.6 Å². The minimum Gasteiger partial charge on any atom is -0.493 e. The molecule has 0 aliphatic carbocycles. The molecule has 1 aromatic carbocycles. The molecule has 1 aliphatic rings. The van der Waals surface area contributed by atoms with Crippen LogP contribution in [0.15, 0.2) is 18.5 Å². The molecule has 1 N–H and O–H groups in total. The van der Waals surface area contributed by atoms with E-state index in [0.29, 0.717) is 11.5 Å². The monoisotopic (exact) mass is 327 g/mol. The fraction of sp³-hybridized carbons (Fsp3) is 0.412. The average Bonchev–Trinajstić information content (AvgIpc) is 2.98. The zero-order valence-corrected chi connectivity index (χ0v) is 14.2. The Bertz CT molecular complexity index is 883. The van der Waals surface area contributed by atoms with E-state index in [0.717, 1.165) is 53.9 Å². The summed E-state index contributed by atoms with van der Waals surface area (Å²) in [4.78, 5) is 17.1. The zero-order valence-electron chi connectivity index (χ0n) is 14.2. The maximum absolute atomic E-state index is 5.42. The first kappa shape index (κ1) is 15.0. The van der Waals surface area contributed by atoms with Crippen LogP contribution >= 0.6 is 0 Å². The van der Waals surface area contributed by atoms with Gasteiger partial charge in [0.25, 0.3) is 0 Å². The average molecular weight is 327 g/mol. The number of rotatable bonds is 3. The first-order valence-corrected chi connectivity index (χ1v) is 8.03. The van der Waals surface area contributed by atoms with E-state index in [4.69, 9.17) is 9.47 Å². The van der Waals surface area contributed by atoms with E-state index in [1.807, 2.05) is 12.1 Å². The molecule has 7 nitrogen and oxygen atoms in total. The second kappa shape index (κ2) is 5.83. The number of methoxy groups -OCH3 is 2. The van der Waals surface area contributed by atoms with Gasteiger partial charge in [0.15, 0.2) is 17.3 Å². The fourth-order valence-electron chi connectivity index (χ4n) is 3.27. The summed E-state index contributed by atoms with van der Waals surface area (Å²) in [7, 11) is 5.43. The van der Waals surface area contributed by atoms with E-state index in [1.54, 1.807) is 20.5 Å². The molecule has 1 fully saturated rings. The summed E-state index contributed by atoms with van der Waals surface area (Å²) < 4.78 is 10.8. The lowest BCUT2D eigenvalue weighted by atomic mass is 10.2. The van der Waals surface area contributed by atoms with Crippen LogP contribution < -0.4 is 14.4 Å². The molecule has 1 saturated heterocycles. The van der Waals surface area contributed by atoms with Crippen molar-refractivity contribution in [3.05, 3.63) is 18.5 Å². The van der Waals surface area contributed by atoms with E-state index < -0.39 is 0 Å². The van der Waals surface area contributed by atoms with Gasteiger partial charge >= 0.3 is 0 Å². The number of nitrogens with zero attached hydrogens (tertiary/aromatic N) is 4. The Balaban J connectivity index is 1.88. The van der Waals surface area contributed by atoms with Gasteiger partial charge in [-0.05, 0) is 13.1 Å². The molecule has 1 aliphatic heterocycles. The number of benzene rings is 1. The molecule has 0 atom stereocenters. The lowest BCUT2D eigenvalue weighted by molar-refractivity contribution is 0.312. The van der Waals surface area contributed by atoms with Crippen LogP contribution in [0.2, 0.25) is 0 Å². The third-order valence-corrected chi connectivity index (χ3v) is 4.67. The first-order valence-electron chi connectivity index (χ1n) is 8.03. The molecule has 0 amide bonds. The van der Waals surface area contributed by atoms with Gasteiger partial charge in [-0.3, -0.25) is 0 Å². The van der Waals surface area contributed by atoms with Crippen molar-refractivity contribution in [1.29, 1.82) is 0 Å². The van der Waals surface area contributed by atoms with Gasteiger partial charge in [0.05, 0.1) is 19.7 Å². The van der Waals surface area contributed by atoms with Crippen LogP contribution in [0.3, 0.4) is 0 Å². The van der Waals surface area contributed by atoms with Crippen molar-refractivity contribution in [1.82, 2.24) is 19.9 Å². The molecule has 0 radical (unpaired) electrons. The van der Waals surface area contributed by atoms with Crippen LogP contribution in [-0.2, 0) is 0 Å². The summed E-state index contributed by atoms with van der Waals surface area (Å²) in [6.45, 7) is 4.00. The van der Waals surface area contributed by atoms with Crippen LogP contribution in [0, 0.1) is 0 Å². The molecule has 0 bridgehead atoms. The minimum atomic E-state index is 0.700. The lowest BCUT2D eigenvalue weighted by Gasteiger charge is -2.33. The fourth-order valence-corrected chi connectivity index (χ4v) is 3.27. The van der Waals surface area contributed by atoms with E-state index in [9.17, 15) is 0 Å². The number of anilines is 1. The summed E-state index contributed by atoms with van der Waals surface area (Å²) in [6, 6.07) is 3.91. The summed E-state index contributed by atoms with van der Waals surface area (Å²) in [5.41, 5.74) is 2.85. The molecule has 0 saturated carbocycles. The molecule has 0 spiro atoms. The normalized spacial score (nSPS) is 16.0. The molecule has 3 aromatic rings. The molecule has 24 heavy (non-hydrogen) atoms. The molecule has 7 heteroatoms. The summed E-state index contributed by atoms with van der Waals surface area (Å²) >= 11 is 0. The number of ether oxygens (including phenoxy) is 2. The Morgan fingerprint density at radius 1 is 1.00 bits per heavy atom. The number of aromatic nitrogens is 3. The largest absolute Gasteiger partial charge is 0.493 e. The van der Waals surface area contributed by atoms with Crippen LogP contribution in [0.25, 0.3) is 21.9 Å². The number of aromatic amines is 1. The van der Waals surface area contributed by atoms with Crippen LogP contribution in [0.1, 0.15) is 0 Å². The zero-order chi connectivity index (χ0) is 16.7. The van der Waals surface area contributed by atoms with Crippen LogP contribution in [0.4, 0.5) is 5.82 Å². The molecular weight excluding hydrogens is 306 g/mol. The summed E-state index contributed by atoms with van der Waals surface area (Å²) in [5, 5.41) is 1.01. The van der Waals surface area contributed by atoms with Crippen molar-refractivity contribution in [2.24, 2.45) is 0 Å². The topological polar surface area (TPSA) is 66.5 Å². The minimum absolute atomic E-state index is 0.700. The van der Waals surface area contributed by atoms with Gasteiger partial charge in [0.1, 0.15) is 17.4 Å². The number of H-pyrrole nitrogens is 1. The van der Waals surface area contributed by atoms with Crippen molar-refractivity contribution in [2.45, 2.75) is 0 Å². The van der Waals surface area contributed by atoms with Crippen LogP contribution in [-0.4, -0.2) is 67.3 Å². The van der Waals surface area contributed by atoms with E-state index >= 15 is 0 Å². The predicted octanol–water partition coefficient (Wildman–Crippen LogP) is 1.88. The van der Waals surface area contributed by atoms with Crippen molar-refractivity contribution in [2.75, 3.05) is 52.3 Å². The first-order chi connectivity index (χ1) is 11.7. The van der Waals surface area contributed by atoms with Crippen molar-refractivity contribution < 1.29 is 9.47 Å². The highest BCUT2D eigenvalue weighted by atomic mass is 16.5. The smallest absolute Gasteiger partial charge is 0.162 e. The third kappa shape index (κ3) is 2.32. The summed E-state index contributed by atoms with van der Waals surface area (Å²) in [6.07, 6.45) is 1.64. The van der Waals surface area contributed by atoms with E-state index in [1.165, 1.54) is 0 Å². The van der Waals surface area contributed by atoms with Crippen molar-refractivity contribution in [3.63, 3.8) is 0 Å². The highest BCUT2D eigenvalue weighted by Crippen LogP contribution is 2.36. The third-order valence-electron chi connectivity index (χ3n) is 4.67. The number of likely N-dealkylation sites (N-methyl/N-ethyl adjacent to an activating group) is 1. The van der Waals surface area contributed by atoms with Gasteiger partial charge in [-0.15, -0.1) is 0 Å². The van der Waals surface area contributed by atoms with Gasteiger partial charge in [-0.25, -0.2) is 9.97 Å². The predicted molar refractivity (Wildman–Crippen MR) is 94.2 cm³/mol. The van der Waals surface area contributed by atoms with Gasteiger partial charge in [-0.2, -0.15) is 0 Å². The molecule has 126 valence electrons. The summed E-state index contributed by atoms with van der Waals surface area (Å²) in [5.74, 6) is 2.36. The Labute approximate surface area is 140 Å². The highest BCUT2D eigenvalue weighted by molar-refractivity contribution is 6.09. The highest BCUT2D eigenvalue weighted by Gasteiger charge is 2.20. The SMILES string of the molecule is COc1cc2[nH]c3c(N4CCN(C)CC4)ncnc3c2cc1OC. The molecule has 3 heterocycles. The van der Waals surface area contributed by atoms with Gasteiger partial charge in [-0.1, -0.05) is 0 Å². The van der Waals surface area contributed by atoms with Gasteiger partial charge < -0.3 is 24.3 Å². The maximum atomic E-state index is 5.42. The molecular formula is C17H21N5O2. The van der Waals surface area contributed by atoms with Gasteiger partial charge in [0.2, 0.25) is 0 Å². The number of fused-ring (bicyclic) bond motifs is 3. The van der Waals surface area contributed by atoms with E-state index in [-0.39, 0.29) is 0 Å². The second-order valence-corrected chi connectivity index (χ2v) is 6.09. The van der Waals surface area contributed by atoms with Crippen molar-refractivity contribution in [3.8, 4) is 11.5 Å². The van der Waals surface area contributed by atoms with Crippen LogP contribution in [0.5, 0.6) is 11.5 Å². The second-order valence-electron chi connectivity index (χ2n) is 6.09.